The van der Waals surface area contributed by atoms with Crippen LogP contribution in [0.2, 0.25) is 0 Å². The van der Waals surface area contributed by atoms with Crippen LogP contribution in [0.1, 0.15) is 346 Å². The Kier molecular flexibility index (Phi) is 64.4. The lowest BCUT2D eigenvalue weighted by Gasteiger charge is -2.05. The number of para-hydroxylation sites is 6. The molecule has 0 atom stereocenters. The van der Waals surface area contributed by atoms with Crippen LogP contribution in [-0.4, -0.2) is 39.9 Å². The van der Waals surface area contributed by atoms with E-state index in [9.17, 15) is 0 Å². The summed E-state index contributed by atoms with van der Waals surface area (Å²) in [6.07, 6.45) is 8.88. The number of pyridine rings is 4. The monoisotopic (exact) mass is 1770 g/mol. The van der Waals surface area contributed by atoms with Gasteiger partial charge in [0.15, 0.2) is 0 Å². The molecule has 15 rings (SSSR count). The first-order valence-corrected chi connectivity index (χ1v) is 48.0. The normalized spacial score (nSPS) is 10.7. The second kappa shape index (κ2) is 65.0. The molecule has 0 saturated carbocycles. The second-order valence-corrected chi connectivity index (χ2v) is 46.4. The van der Waals surface area contributed by atoms with E-state index >= 15 is 0 Å². The van der Waals surface area contributed by atoms with Crippen LogP contribution >= 0.6 is 0 Å². The molecule has 0 unspecified atom stereocenters. The first-order valence-electron chi connectivity index (χ1n) is 48.0. The molecule has 0 spiro atoms. The minimum atomic E-state index is 0.500. The number of hydrogen-bond acceptors (Lipinski definition) is 8. The molecule has 0 aliphatic carbocycles. The van der Waals surface area contributed by atoms with E-state index in [-0.39, 0.29) is 0 Å². The van der Waals surface area contributed by atoms with Gasteiger partial charge in [0, 0.05) is 63.3 Å². The molecular formula is C122H192N8. The first-order chi connectivity index (χ1) is 59.7. The summed E-state index contributed by atoms with van der Waals surface area (Å²) in [6.45, 7) is 108. The molecule has 8 heteroatoms. The van der Waals surface area contributed by atoms with Crippen molar-refractivity contribution in [3.05, 3.63) is 255 Å². The molecule has 0 bridgehead atoms. The van der Waals surface area contributed by atoms with Crippen molar-refractivity contribution < 1.29 is 0 Å². The van der Waals surface area contributed by atoms with E-state index in [2.05, 4.69) is 426 Å². The van der Waals surface area contributed by atoms with Gasteiger partial charge in [-0.05, 0) is 143 Å². The Morgan fingerprint density at radius 2 is 0.315 bits per heavy atom. The number of nitrogens with zero attached hydrogens (tertiary/aromatic N) is 8. The smallest absolute Gasteiger partial charge is 0.0964 e. The lowest BCUT2D eigenvalue weighted by atomic mass is 10.0. The second-order valence-electron chi connectivity index (χ2n) is 46.4. The largest absolute Gasteiger partial charge is 0.256 e. The van der Waals surface area contributed by atoms with E-state index in [1.54, 1.807) is 24.8 Å². The van der Waals surface area contributed by atoms with Crippen molar-refractivity contribution in [3.8, 4) is 0 Å². The molecule has 0 amide bonds. The van der Waals surface area contributed by atoms with Gasteiger partial charge in [-0.3, -0.25) is 24.9 Å². The molecular weight excluding hydrogens is 1580 g/mol. The molecule has 8 nitrogen and oxygen atoms in total. The molecule has 9 aromatic carbocycles. The molecule has 6 aromatic heterocycles. The minimum Gasteiger partial charge on any atom is -0.256 e. The summed E-state index contributed by atoms with van der Waals surface area (Å²) < 4.78 is 0. The molecule has 0 saturated heterocycles. The highest BCUT2D eigenvalue weighted by atomic mass is 14.8. The third-order valence-corrected chi connectivity index (χ3v) is 11.8. The topological polar surface area (TPSA) is 103 Å². The van der Waals surface area contributed by atoms with Crippen molar-refractivity contribution in [2.75, 3.05) is 0 Å². The van der Waals surface area contributed by atoms with Crippen molar-refractivity contribution in [1.82, 2.24) is 39.9 Å². The number of benzene rings is 9. The van der Waals surface area contributed by atoms with E-state index in [1.807, 2.05) is 191 Å². The Balaban J connectivity index is -0.000000437. The van der Waals surface area contributed by atoms with Crippen molar-refractivity contribution in [1.29, 1.82) is 0 Å². The van der Waals surface area contributed by atoms with Crippen LogP contribution in [-0.2, 0) is 0 Å². The molecule has 15 aromatic rings. The fraction of sp³-hybridized carbons (Fsp3) is 0.492. The molecule has 6 heterocycles. The minimum absolute atomic E-state index is 0.500. The summed E-state index contributed by atoms with van der Waals surface area (Å²) in [5.41, 5.74) is 15.9. The van der Waals surface area contributed by atoms with Crippen molar-refractivity contribution in [2.45, 2.75) is 346 Å². The summed E-state index contributed by atoms with van der Waals surface area (Å²) in [7, 11) is 0. The zero-order chi connectivity index (χ0) is 102. The average Bonchev–Trinajstić information content (AvgIpc) is 0.826. The third-order valence-electron chi connectivity index (χ3n) is 11.8. The summed E-state index contributed by atoms with van der Waals surface area (Å²) in [4.78, 5) is 35.2. The quantitative estimate of drug-likeness (QED) is 0.109. The van der Waals surface area contributed by atoms with Crippen molar-refractivity contribution in [2.24, 2.45) is 54.1 Å². The Morgan fingerprint density at radius 3 is 0.569 bits per heavy atom. The van der Waals surface area contributed by atoms with Gasteiger partial charge < -0.3 is 0 Å². The lowest BCUT2D eigenvalue weighted by Crippen LogP contribution is -1.93. The van der Waals surface area contributed by atoms with Gasteiger partial charge in [0.1, 0.15) is 0 Å². The Morgan fingerprint density at radius 1 is 0.138 bits per heavy atom. The Bertz CT molecular complexity index is 4270. The van der Waals surface area contributed by atoms with E-state index < -0.39 is 0 Å². The van der Waals surface area contributed by atoms with Crippen molar-refractivity contribution in [3.63, 3.8) is 0 Å². The summed E-state index contributed by atoms with van der Waals surface area (Å²) in [5, 5.41) is 10.8. The van der Waals surface area contributed by atoms with Crippen LogP contribution in [0.5, 0.6) is 0 Å². The summed E-state index contributed by atoms with van der Waals surface area (Å²) in [5.74, 6) is 0. The molecule has 0 fully saturated rings. The van der Waals surface area contributed by atoms with E-state index in [0.717, 1.165) is 71.5 Å². The predicted molar refractivity (Wildman–Crippen MR) is 598 cm³/mol. The maximum atomic E-state index is 4.58. The van der Waals surface area contributed by atoms with Gasteiger partial charge >= 0.3 is 0 Å². The highest BCUT2D eigenvalue weighted by Gasteiger charge is 2.07. The van der Waals surface area contributed by atoms with Gasteiger partial charge in [0.25, 0.3) is 0 Å². The van der Waals surface area contributed by atoms with E-state index in [4.69, 9.17) is 0 Å². The fourth-order valence-corrected chi connectivity index (χ4v) is 8.43. The van der Waals surface area contributed by atoms with Crippen LogP contribution in [0.4, 0.5) is 0 Å². The number of rotatable bonds is 0. The number of fused-ring (bicyclic) bond motifs is 12. The first kappa shape index (κ1) is 129. The molecule has 720 valence electrons. The van der Waals surface area contributed by atoms with E-state index in [1.165, 1.54) is 37.7 Å². The zero-order valence-electron chi connectivity index (χ0n) is 92.8. The SMILES string of the molecule is CC.CC.CC.CC.CC.CC(C)(C)C.CC(C)(C)C.CC(C)(C)C.CC(C)(C)C.CC(C)(C)C.CC(C)(C)C.CC(C)(C)C.CC(C)(C)C.CC(C)(C)C.CC(C)(C)C.c1ccc2c(c1)ccc1cccnc12.c1ccc2cc3nccnc3cc2c1.c1ccc2nc3ccccc3cc2c1.c1ccc2nc3ccccc3nc2c1.c1cnc2c(c1)ccc1cccnc12. The highest BCUT2D eigenvalue weighted by Crippen LogP contribution is 2.26. The maximum absolute atomic E-state index is 4.58. The molecule has 0 aliphatic rings. The van der Waals surface area contributed by atoms with Gasteiger partial charge in [-0.2, -0.15) is 0 Å². The Labute approximate surface area is 799 Å². The maximum Gasteiger partial charge on any atom is 0.0964 e. The van der Waals surface area contributed by atoms with Crippen LogP contribution in [0.3, 0.4) is 0 Å². The summed E-state index contributed by atoms with van der Waals surface area (Å²) >= 11 is 0. The highest BCUT2D eigenvalue weighted by molar-refractivity contribution is 6.05. The molecule has 0 N–H and O–H groups in total. The zero-order valence-corrected chi connectivity index (χ0v) is 92.8. The Hall–Kier alpha value is -9.66. The average molecular weight is 1770 g/mol. The van der Waals surface area contributed by atoms with Crippen LogP contribution in [0.15, 0.2) is 255 Å². The van der Waals surface area contributed by atoms with Gasteiger partial charge in [-0.1, -0.05) is 498 Å². The van der Waals surface area contributed by atoms with E-state index in [0.29, 0.717) is 54.1 Å². The van der Waals surface area contributed by atoms with Gasteiger partial charge in [-0.15, -0.1) is 0 Å². The predicted octanol–water partition coefficient (Wildman–Crippen LogP) is 40.8. The van der Waals surface area contributed by atoms with Crippen LogP contribution < -0.4 is 0 Å². The van der Waals surface area contributed by atoms with Gasteiger partial charge in [0.05, 0.1) is 60.7 Å². The van der Waals surface area contributed by atoms with Gasteiger partial charge in [-0.25, -0.2) is 15.0 Å². The van der Waals surface area contributed by atoms with Crippen LogP contribution in [0, 0.1) is 54.1 Å². The van der Waals surface area contributed by atoms with Crippen molar-refractivity contribution >= 4 is 109 Å². The fourth-order valence-electron chi connectivity index (χ4n) is 8.43. The van der Waals surface area contributed by atoms with Gasteiger partial charge in [0.2, 0.25) is 0 Å². The number of hydrogen-bond donors (Lipinski definition) is 0. The third kappa shape index (κ3) is 80.4. The standard InChI is InChI=1S/2C13H9N.3C12H8N2.10C5H12.5C2H6/c1-3-7-12-10(5-1)9-11-6-2-4-8-13(11)14-12;1-2-6-12-10(4-1)7-8-11-5-3-9-14-13(11)12;1-3-9-5-6-10-4-2-8-14-12(10)11(9)13-7-1;1-2-6-10-9(5-1)13-11-7-3-4-8-12(11)14-10;1-2-4-10-8-12-11(7-9(10)3-1)13-5-6-14-12;10*1-5(2,3)4;5*1-2/h2*1-9H;3*1-8H;10*1-4H3;5*1-2H3. The molecule has 130 heavy (non-hydrogen) atoms. The molecule has 0 radical (unpaired) electrons. The summed E-state index contributed by atoms with van der Waals surface area (Å²) in [6, 6.07) is 75.6. The van der Waals surface area contributed by atoms with Crippen LogP contribution in [0.25, 0.3) is 109 Å². The molecule has 0 aliphatic heterocycles. The number of aromatic nitrogens is 8. The lowest BCUT2D eigenvalue weighted by molar-refractivity contribution is 0.469.